The van der Waals surface area contributed by atoms with E-state index in [1.54, 1.807) is 25.5 Å². The topological polar surface area (TPSA) is 76.7 Å². The molecule has 0 aliphatic heterocycles. The second-order valence-corrected chi connectivity index (χ2v) is 6.09. The molecule has 0 saturated heterocycles. The fourth-order valence-corrected chi connectivity index (χ4v) is 2.91. The molecule has 2 aromatic rings. The minimum absolute atomic E-state index is 0.341. The first-order valence-corrected chi connectivity index (χ1v) is 7.82. The average Bonchev–Trinajstić information content (AvgIpc) is 2.51. The van der Waals surface area contributed by atoms with E-state index in [0.29, 0.717) is 15.7 Å². The van der Waals surface area contributed by atoms with Crippen LogP contribution >= 0.6 is 31.9 Å². The fraction of sp³-hybridized carbons (Fsp3) is 0.0667. The number of hydrogen-bond donors (Lipinski definition) is 2. The Balaban J connectivity index is 2.07. The number of carbonyl (C=O) groups is 1. The van der Waals surface area contributed by atoms with Gasteiger partial charge >= 0.3 is 0 Å². The number of methoxy groups -OCH3 is 1. The molecular weight excluding hydrogens is 414 g/mol. The maximum absolute atomic E-state index is 12.1. The highest BCUT2D eigenvalue weighted by atomic mass is 79.9. The van der Waals surface area contributed by atoms with Gasteiger partial charge < -0.3 is 10.5 Å². The van der Waals surface area contributed by atoms with E-state index in [9.17, 15) is 4.79 Å². The summed E-state index contributed by atoms with van der Waals surface area (Å²) in [6.45, 7) is 0. The van der Waals surface area contributed by atoms with E-state index in [1.165, 1.54) is 0 Å². The highest BCUT2D eigenvalue weighted by Gasteiger charge is 2.12. The van der Waals surface area contributed by atoms with Crippen molar-refractivity contribution in [2.75, 3.05) is 12.8 Å². The third-order valence-electron chi connectivity index (χ3n) is 2.83. The molecule has 7 heteroatoms. The highest BCUT2D eigenvalue weighted by molar-refractivity contribution is 9.11. The summed E-state index contributed by atoms with van der Waals surface area (Å²) in [5.41, 5.74) is 9.86. The molecule has 2 rings (SSSR count). The van der Waals surface area contributed by atoms with Gasteiger partial charge in [-0.3, -0.25) is 4.79 Å². The number of anilines is 1. The molecule has 0 unspecified atom stereocenters. The van der Waals surface area contributed by atoms with Gasteiger partial charge in [0.25, 0.3) is 5.91 Å². The lowest BCUT2D eigenvalue weighted by Gasteiger charge is -2.07. The van der Waals surface area contributed by atoms with Crippen molar-refractivity contribution in [1.29, 1.82) is 0 Å². The summed E-state index contributed by atoms with van der Waals surface area (Å²) in [7, 11) is 1.60. The Morgan fingerprint density at radius 2 is 1.95 bits per heavy atom. The molecule has 0 bridgehead atoms. The van der Waals surface area contributed by atoms with E-state index in [0.717, 1.165) is 15.8 Å². The summed E-state index contributed by atoms with van der Waals surface area (Å²) < 4.78 is 6.46. The Kier molecular flexibility index (Phi) is 5.57. The molecule has 0 spiro atoms. The first kappa shape index (κ1) is 16.5. The summed E-state index contributed by atoms with van der Waals surface area (Å²) in [6.07, 6.45) is 1.54. The third-order valence-corrected chi connectivity index (χ3v) is 3.95. The van der Waals surface area contributed by atoms with Crippen LogP contribution in [0, 0.1) is 0 Å². The normalized spacial score (nSPS) is 10.7. The Bertz CT molecular complexity index is 715. The molecule has 114 valence electrons. The maximum atomic E-state index is 12.1. The number of nitrogens with zero attached hydrogens (tertiary/aromatic N) is 1. The number of hydrazone groups is 1. The molecule has 0 heterocycles. The first-order chi connectivity index (χ1) is 10.5. The molecule has 0 saturated carbocycles. The Morgan fingerprint density at radius 1 is 1.27 bits per heavy atom. The molecular formula is C15H13Br2N3O2. The van der Waals surface area contributed by atoms with Gasteiger partial charge in [0.1, 0.15) is 5.75 Å². The largest absolute Gasteiger partial charge is 0.497 e. The monoisotopic (exact) mass is 425 g/mol. The van der Waals surface area contributed by atoms with Crippen LogP contribution in [0.2, 0.25) is 0 Å². The van der Waals surface area contributed by atoms with Crippen LogP contribution in [0.1, 0.15) is 15.9 Å². The lowest BCUT2D eigenvalue weighted by Crippen LogP contribution is -2.19. The highest BCUT2D eigenvalue weighted by Crippen LogP contribution is 2.28. The second kappa shape index (κ2) is 7.42. The van der Waals surface area contributed by atoms with E-state index in [1.807, 2.05) is 24.3 Å². The number of nitrogens with two attached hydrogens (primary N) is 1. The lowest BCUT2D eigenvalue weighted by molar-refractivity contribution is 0.0956. The minimum atomic E-state index is -0.385. The molecule has 3 N–H and O–H groups in total. The van der Waals surface area contributed by atoms with Gasteiger partial charge in [-0.1, -0.05) is 15.9 Å². The Morgan fingerprint density at radius 3 is 2.59 bits per heavy atom. The summed E-state index contributed by atoms with van der Waals surface area (Å²) >= 11 is 6.62. The third kappa shape index (κ3) is 4.08. The fourth-order valence-electron chi connectivity index (χ4n) is 1.69. The molecule has 1 amide bonds. The molecule has 0 aromatic heterocycles. The van der Waals surface area contributed by atoms with Gasteiger partial charge in [0.2, 0.25) is 0 Å². The number of ether oxygens (including phenoxy) is 1. The zero-order valence-corrected chi connectivity index (χ0v) is 14.8. The van der Waals surface area contributed by atoms with Gasteiger partial charge in [0.05, 0.1) is 24.6 Å². The van der Waals surface area contributed by atoms with E-state index in [4.69, 9.17) is 10.5 Å². The number of rotatable bonds is 4. The first-order valence-electron chi connectivity index (χ1n) is 6.23. The van der Waals surface area contributed by atoms with Gasteiger partial charge in [-0.05, 0) is 57.9 Å². The lowest BCUT2D eigenvalue weighted by atomic mass is 10.2. The summed E-state index contributed by atoms with van der Waals surface area (Å²) in [5.74, 6) is 0.372. The summed E-state index contributed by atoms with van der Waals surface area (Å²) in [4.78, 5) is 12.1. The minimum Gasteiger partial charge on any atom is -0.497 e. The number of nitrogens with one attached hydrogen (secondary N) is 1. The molecule has 22 heavy (non-hydrogen) atoms. The van der Waals surface area contributed by atoms with Crippen molar-refractivity contribution in [3.05, 3.63) is 56.5 Å². The summed E-state index contributed by atoms with van der Waals surface area (Å²) in [6, 6.07) is 10.7. The molecule has 0 aliphatic rings. The van der Waals surface area contributed by atoms with Crippen LogP contribution in [-0.4, -0.2) is 19.2 Å². The molecule has 0 radical (unpaired) electrons. The van der Waals surface area contributed by atoms with Gasteiger partial charge in [0, 0.05) is 8.95 Å². The molecule has 0 atom stereocenters. The smallest absolute Gasteiger partial charge is 0.273 e. The SMILES string of the molecule is COc1ccc(/C=N\NC(=O)c2cc(Br)cc(Br)c2N)cc1. The number of halogens is 2. The Hall–Kier alpha value is -1.86. The van der Waals surface area contributed by atoms with Crippen molar-refractivity contribution in [1.82, 2.24) is 5.43 Å². The number of hydrogen-bond acceptors (Lipinski definition) is 4. The van der Waals surface area contributed by atoms with Crippen LogP contribution in [0.25, 0.3) is 0 Å². The second-order valence-electron chi connectivity index (χ2n) is 4.32. The van der Waals surface area contributed by atoms with Crippen LogP contribution < -0.4 is 15.9 Å². The van der Waals surface area contributed by atoms with E-state index in [2.05, 4.69) is 42.4 Å². The number of carbonyl (C=O) groups excluding carboxylic acids is 1. The number of nitrogen functional groups attached to an aromatic ring is 1. The number of amides is 1. The van der Waals surface area contributed by atoms with Crippen LogP contribution in [0.15, 0.2) is 50.4 Å². The molecule has 5 nitrogen and oxygen atoms in total. The van der Waals surface area contributed by atoms with Crippen molar-refractivity contribution in [3.63, 3.8) is 0 Å². The zero-order valence-electron chi connectivity index (χ0n) is 11.6. The van der Waals surface area contributed by atoms with Crippen molar-refractivity contribution in [2.45, 2.75) is 0 Å². The van der Waals surface area contributed by atoms with Gasteiger partial charge in [0.15, 0.2) is 0 Å². The van der Waals surface area contributed by atoms with Crippen molar-refractivity contribution >= 4 is 49.7 Å². The number of benzene rings is 2. The van der Waals surface area contributed by atoms with E-state index in [-0.39, 0.29) is 5.91 Å². The van der Waals surface area contributed by atoms with Crippen molar-refractivity contribution in [2.24, 2.45) is 5.10 Å². The average molecular weight is 427 g/mol. The van der Waals surface area contributed by atoms with Crippen LogP contribution in [0.3, 0.4) is 0 Å². The van der Waals surface area contributed by atoms with E-state index < -0.39 is 0 Å². The quantitative estimate of drug-likeness (QED) is 0.445. The van der Waals surface area contributed by atoms with Gasteiger partial charge in [-0.15, -0.1) is 0 Å². The standard InChI is InChI=1S/C15H13Br2N3O2/c1-22-11-4-2-9(3-5-11)8-19-20-15(21)12-6-10(16)7-13(17)14(12)18/h2-8H,18H2,1H3,(H,20,21)/b19-8-. The molecule has 0 aliphatic carbocycles. The molecule has 2 aromatic carbocycles. The van der Waals surface area contributed by atoms with Gasteiger partial charge in [-0.2, -0.15) is 5.10 Å². The van der Waals surface area contributed by atoms with Crippen LogP contribution in [0.5, 0.6) is 5.75 Å². The van der Waals surface area contributed by atoms with E-state index >= 15 is 0 Å². The van der Waals surface area contributed by atoms with Gasteiger partial charge in [-0.25, -0.2) is 5.43 Å². The van der Waals surface area contributed by atoms with Crippen LogP contribution in [-0.2, 0) is 0 Å². The van der Waals surface area contributed by atoms with Crippen molar-refractivity contribution < 1.29 is 9.53 Å². The Labute approximate surface area is 144 Å². The predicted octanol–water partition coefficient (Wildman–Crippen LogP) is 3.57. The van der Waals surface area contributed by atoms with Crippen molar-refractivity contribution in [3.8, 4) is 5.75 Å². The summed E-state index contributed by atoms with van der Waals surface area (Å²) in [5, 5.41) is 3.92. The van der Waals surface area contributed by atoms with Crippen LogP contribution in [0.4, 0.5) is 5.69 Å². The zero-order chi connectivity index (χ0) is 16.1. The predicted molar refractivity (Wildman–Crippen MR) is 94.3 cm³/mol. The molecule has 0 fully saturated rings. The maximum Gasteiger partial charge on any atom is 0.273 e.